The van der Waals surface area contributed by atoms with Crippen molar-refractivity contribution < 1.29 is 110 Å². The Kier molecular flexibility index (Phi) is 25.4. The zero-order valence-corrected chi connectivity index (χ0v) is 68.5. The molecule has 510 valence electrons. The summed E-state index contributed by atoms with van der Waals surface area (Å²) in [6.45, 7) is 13.7. The van der Waals surface area contributed by atoms with Gasteiger partial charge in [0.25, 0.3) is 0 Å². The van der Waals surface area contributed by atoms with Gasteiger partial charge in [-0.2, -0.15) is 0 Å². The van der Waals surface area contributed by atoms with E-state index in [1.54, 1.807) is 29.3 Å². The summed E-state index contributed by atoms with van der Waals surface area (Å²) in [5, 5.41) is 10.4. The zero-order valence-electron chi connectivity index (χ0n) is 55.0. The minimum atomic E-state index is 0. The quantitative estimate of drug-likeness (QED) is 0.142. The van der Waals surface area contributed by atoms with Crippen LogP contribution in [0.15, 0.2) is 257 Å². The van der Waals surface area contributed by atoms with Crippen molar-refractivity contribution in [2.24, 2.45) is 7.05 Å². The van der Waals surface area contributed by atoms with Gasteiger partial charge in [0.2, 0.25) is 6.39 Å². The fourth-order valence-corrected chi connectivity index (χ4v) is 13.9. The topological polar surface area (TPSA) is 134 Å². The number of aromatic nitrogens is 9. The number of fused-ring (bicyclic) bond motifs is 9. The van der Waals surface area contributed by atoms with Crippen molar-refractivity contribution in [1.29, 1.82) is 0 Å². The second-order valence-corrected chi connectivity index (χ2v) is 26.1. The van der Waals surface area contributed by atoms with Gasteiger partial charge in [0.05, 0.1) is 28.8 Å². The van der Waals surface area contributed by atoms with Crippen LogP contribution in [-0.4, -0.2) is 44.2 Å². The fourth-order valence-electron chi connectivity index (χ4n) is 12.9. The summed E-state index contributed by atoms with van der Waals surface area (Å²) in [7, 11) is 1.94. The molecule has 0 fully saturated rings. The van der Waals surface area contributed by atoms with Gasteiger partial charge in [-0.05, 0) is 73.2 Å². The molecule has 0 atom stereocenters. The van der Waals surface area contributed by atoms with E-state index in [9.17, 15) is 0 Å². The van der Waals surface area contributed by atoms with E-state index in [1.165, 1.54) is 91.1 Å². The molecule has 100 heavy (non-hydrogen) atoms. The molecule has 11 nitrogen and oxygen atoms in total. The minimum Gasteiger partial charge on any atom is -0.462 e. The van der Waals surface area contributed by atoms with E-state index in [-0.39, 0.29) is 118 Å². The van der Waals surface area contributed by atoms with Crippen LogP contribution in [0.25, 0.3) is 112 Å². The first-order valence-electron chi connectivity index (χ1n) is 31.1. The molecule has 0 unspecified atom stereocenters. The predicted octanol–water partition coefficient (Wildman–Crippen LogP) is 19.8. The van der Waals surface area contributed by atoms with Crippen molar-refractivity contribution in [3.8, 4) is 112 Å². The average Bonchev–Trinajstić information content (AvgIpc) is 1.60. The van der Waals surface area contributed by atoms with Crippen LogP contribution in [0, 0.1) is 30.3 Å². The van der Waals surface area contributed by atoms with Crippen LogP contribution in [0.3, 0.4) is 0 Å². The summed E-state index contributed by atoms with van der Waals surface area (Å²) in [6.07, 6.45) is 8.19. The molecule has 0 saturated heterocycles. The molecule has 6 heterocycles. The number of rotatable bonds is 7. The molecule has 0 bridgehead atoms. The van der Waals surface area contributed by atoms with Gasteiger partial charge in [-0.25, -0.2) is 14.5 Å². The number of aryl methyl sites for hydroxylation is 1. The number of benzene rings is 9. The van der Waals surface area contributed by atoms with E-state index in [2.05, 4.69) is 238 Å². The summed E-state index contributed by atoms with van der Waals surface area (Å²) in [4.78, 5) is 21.1. The molecule has 0 amide bonds. The molecular weight excluding hydrogens is 2170 g/mol. The van der Waals surface area contributed by atoms with Crippen LogP contribution < -0.4 is 0 Å². The van der Waals surface area contributed by atoms with Gasteiger partial charge in [0, 0.05) is 132 Å². The summed E-state index contributed by atoms with van der Waals surface area (Å²) >= 11 is 2.96. The summed E-state index contributed by atoms with van der Waals surface area (Å²) in [5.41, 5.74) is 31.8. The van der Waals surface area contributed by atoms with E-state index in [0.29, 0.717) is 11.6 Å². The number of hydrogen-bond acceptors (Lipinski definition) is 12. The number of hydrogen-bond donors (Lipinski definition) is 0. The third kappa shape index (κ3) is 15.8. The molecule has 18 heteroatoms. The third-order valence-electron chi connectivity index (χ3n) is 17.8. The number of nitrogens with zero attached hydrogens (tertiary/aromatic N) is 9. The minimum absolute atomic E-state index is 0. The van der Waals surface area contributed by atoms with E-state index >= 15 is 0 Å². The molecule has 15 aromatic rings. The predicted molar refractivity (Wildman–Crippen MR) is 379 cm³/mol. The molecule has 3 aliphatic carbocycles. The maximum atomic E-state index is 5.07. The Balaban J connectivity index is 0.000000144. The molecule has 18 rings (SSSR count). The number of pyridine rings is 1. The monoisotopic (exact) mass is 2240 g/mol. The van der Waals surface area contributed by atoms with E-state index < -0.39 is 0 Å². The van der Waals surface area contributed by atoms with Crippen LogP contribution >= 0.6 is 22.9 Å². The number of oxazole rings is 1. The van der Waals surface area contributed by atoms with E-state index in [1.807, 2.05) is 102 Å². The Morgan fingerprint density at radius 1 is 0.410 bits per heavy atom. The second kappa shape index (κ2) is 33.3. The van der Waals surface area contributed by atoms with Gasteiger partial charge in [0.1, 0.15) is 5.82 Å². The van der Waals surface area contributed by atoms with Crippen molar-refractivity contribution >= 4 is 22.9 Å². The van der Waals surface area contributed by atoms with Gasteiger partial charge >= 0.3 is 0 Å². The Morgan fingerprint density at radius 3 is 1.41 bits per heavy atom. The first kappa shape index (κ1) is 76.3. The first-order chi connectivity index (χ1) is 46.3. The van der Waals surface area contributed by atoms with E-state index in [4.69, 9.17) is 8.94 Å². The Labute approximate surface area is 659 Å². The molecular formula is C82H62Ir4N9O2PtS2-5. The van der Waals surface area contributed by atoms with Crippen LogP contribution in [0.5, 0.6) is 0 Å². The fraction of sp³-hybridized carbons (Fsp3) is 0.122. The zero-order chi connectivity index (χ0) is 65.1. The van der Waals surface area contributed by atoms with Crippen LogP contribution in [0.4, 0.5) is 0 Å². The molecule has 6 aromatic heterocycles. The smallest absolute Gasteiger partial charge is 0.203 e. The average molecular weight is 2230 g/mol. The normalized spacial score (nSPS) is 12.6. The third-order valence-corrected chi connectivity index (χ3v) is 18.9. The van der Waals surface area contributed by atoms with Crippen molar-refractivity contribution in [1.82, 2.24) is 44.2 Å². The van der Waals surface area contributed by atoms with E-state index in [0.717, 1.165) is 67.3 Å². The molecule has 9 aromatic carbocycles. The van der Waals surface area contributed by atoms with Crippen LogP contribution in [-0.2, 0) is 125 Å². The van der Waals surface area contributed by atoms with Crippen LogP contribution in [0.1, 0.15) is 74.9 Å². The SMILES string of the molecule is CC1(C)c2ccccc2-c2c[c-]c(-c3cocn3)cc21.CC1(C)c2ccccc2-c2c[c-]c(-c3cscn3)cc21.Cn1ccc(-c2[c-]cc3c(c2)C(C)(C)c2ccccc2-3)n1.[Ir].[Ir].[Ir].[Ir].[Pt].[c-]1ccc(-c2ccccc2)cc1-c1ncon1.[c-]1ccc(-c2ccccn2)cc1-c1ncsn1. The maximum Gasteiger partial charge on any atom is 0.203 e. The second-order valence-electron chi connectivity index (χ2n) is 24.7. The first-order valence-corrected chi connectivity index (χ1v) is 32.9. The summed E-state index contributed by atoms with van der Waals surface area (Å²) in [5.74, 6) is 1.27. The van der Waals surface area contributed by atoms with Gasteiger partial charge in [0.15, 0.2) is 6.39 Å². The van der Waals surface area contributed by atoms with Gasteiger partial charge in [-0.15, -0.1) is 170 Å². The summed E-state index contributed by atoms with van der Waals surface area (Å²) < 4.78 is 15.8. The Bertz CT molecular complexity index is 4900. The molecule has 0 aliphatic heterocycles. The molecule has 4 radical (unpaired) electrons. The van der Waals surface area contributed by atoms with Gasteiger partial charge in [-0.3, -0.25) is 24.6 Å². The van der Waals surface area contributed by atoms with Crippen molar-refractivity contribution in [3.05, 3.63) is 312 Å². The number of thiazole rings is 1. The Hall–Kier alpha value is -7.83. The standard InChI is InChI=1S/C19H17N2.C18H14NO.C18H14NS.C14H9N2O.C13H8N3S.4Ir.Pt/c1-19(2)16-7-5-4-6-14(16)15-9-8-13(12-17(15)19)18-10-11-21(3)20-18;2*1-18(2)15-6-4-3-5-13(15)14-8-7-12(9-16(14)18)17-10-20-11-19-17;1-2-5-11(6-3-1)12-7-4-8-13(9-12)14-15-10-17-16-14;1-2-7-14-12(6-1)10-4-3-5-11(8-10)13-15-9-17-16-13;;;;;/h4-7,9-12H,1-3H3;2*3-6,8-11H,1-2H3;1-7,9-10H;1-4,6-9H;;;;;/q5*-1;;;;;. The van der Waals surface area contributed by atoms with Gasteiger partial charge in [-0.1, -0.05) is 196 Å². The van der Waals surface area contributed by atoms with Crippen molar-refractivity contribution in [2.75, 3.05) is 0 Å². The molecule has 0 saturated carbocycles. The molecule has 0 spiro atoms. The van der Waals surface area contributed by atoms with Gasteiger partial charge < -0.3 is 8.94 Å². The maximum absolute atomic E-state index is 5.07. The molecule has 0 N–H and O–H groups in total. The molecule has 3 aliphatic rings. The largest absolute Gasteiger partial charge is 0.462 e. The van der Waals surface area contributed by atoms with Crippen LogP contribution in [0.2, 0.25) is 0 Å². The Morgan fingerprint density at radius 2 is 0.930 bits per heavy atom. The summed E-state index contributed by atoms with van der Waals surface area (Å²) in [6, 6.07) is 85.1. The van der Waals surface area contributed by atoms with Crippen molar-refractivity contribution in [2.45, 2.75) is 57.8 Å². The van der Waals surface area contributed by atoms with Crippen molar-refractivity contribution in [3.63, 3.8) is 0 Å².